The number of aromatic nitrogens is 2. The van der Waals surface area contributed by atoms with Crippen LogP contribution in [0.25, 0.3) is 17.1 Å². The van der Waals surface area contributed by atoms with Gasteiger partial charge in [-0.15, -0.1) is 0 Å². The molecule has 2 aromatic heterocycles. The van der Waals surface area contributed by atoms with E-state index in [4.69, 9.17) is 9.47 Å². The van der Waals surface area contributed by atoms with E-state index in [-0.39, 0.29) is 18.0 Å². The number of hydrogen-bond acceptors (Lipinski definition) is 8. The first-order chi connectivity index (χ1) is 18.4. The standard InChI is InChI=1S/C28H33F2N3O5/c1-37-27-9-7-23-28(33-27)18(10-12-32-23)14-24(36)25-8-6-22(26(38-25)15-20(35)16-34)31-11-2-3-17-13-19(29)4-5-21(17)30/h2-5,7,9-10,12-13,20,22,24-26,31,34-36H,6,8,11,14-16H2,1H3/b3-2+/t20-,22-,24+,25+,26-/m1/s1. The van der Waals surface area contributed by atoms with E-state index in [2.05, 4.69) is 15.3 Å². The summed E-state index contributed by atoms with van der Waals surface area (Å²) in [5.41, 5.74) is 2.30. The first-order valence-electron chi connectivity index (χ1n) is 12.6. The van der Waals surface area contributed by atoms with E-state index in [0.717, 1.165) is 23.8 Å². The third kappa shape index (κ3) is 7.09. The molecule has 38 heavy (non-hydrogen) atoms. The molecule has 0 spiro atoms. The maximum absolute atomic E-state index is 13.8. The van der Waals surface area contributed by atoms with Crippen LogP contribution in [0.2, 0.25) is 0 Å². The number of fused-ring (bicyclic) bond motifs is 1. The highest BCUT2D eigenvalue weighted by molar-refractivity contribution is 5.78. The van der Waals surface area contributed by atoms with Gasteiger partial charge in [-0.1, -0.05) is 12.2 Å². The molecule has 0 saturated carbocycles. The molecule has 0 unspecified atom stereocenters. The van der Waals surface area contributed by atoms with Crippen LogP contribution in [0.1, 0.15) is 30.4 Å². The molecule has 0 amide bonds. The van der Waals surface area contributed by atoms with Gasteiger partial charge in [0.2, 0.25) is 5.88 Å². The third-order valence-corrected chi connectivity index (χ3v) is 6.74. The van der Waals surface area contributed by atoms with Gasteiger partial charge in [-0.3, -0.25) is 4.98 Å². The lowest BCUT2D eigenvalue weighted by atomic mass is 9.91. The van der Waals surface area contributed by atoms with E-state index >= 15 is 0 Å². The molecule has 10 heteroatoms. The Hall–Kier alpha value is -3.02. The van der Waals surface area contributed by atoms with Crippen molar-refractivity contribution in [2.45, 2.75) is 56.1 Å². The summed E-state index contributed by atoms with van der Waals surface area (Å²) in [4.78, 5) is 8.81. The average molecular weight is 530 g/mol. The average Bonchev–Trinajstić information content (AvgIpc) is 2.93. The van der Waals surface area contributed by atoms with Crippen molar-refractivity contribution in [3.05, 3.63) is 71.4 Å². The fraction of sp³-hybridized carbons (Fsp3) is 0.429. The van der Waals surface area contributed by atoms with Crippen LogP contribution in [0.5, 0.6) is 5.88 Å². The lowest BCUT2D eigenvalue weighted by Crippen LogP contribution is -2.51. The number of pyridine rings is 2. The minimum absolute atomic E-state index is 0.151. The monoisotopic (exact) mass is 529 g/mol. The van der Waals surface area contributed by atoms with E-state index in [9.17, 15) is 24.1 Å². The number of hydrogen-bond donors (Lipinski definition) is 4. The fourth-order valence-corrected chi connectivity index (χ4v) is 4.74. The second-order valence-corrected chi connectivity index (χ2v) is 9.41. The Morgan fingerprint density at radius 1 is 1.18 bits per heavy atom. The normalized spacial score (nSPS) is 21.6. The molecule has 1 saturated heterocycles. The summed E-state index contributed by atoms with van der Waals surface area (Å²) in [5, 5.41) is 33.9. The molecule has 1 aromatic carbocycles. The molecule has 0 bridgehead atoms. The van der Waals surface area contributed by atoms with Gasteiger partial charge in [-0.05, 0) is 48.7 Å². The summed E-state index contributed by atoms with van der Waals surface area (Å²) in [6.07, 6.45) is 3.77. The van der Waals surface area contributed by atoms with Crippen molar-refractivity contribution in [2.24, 2.45) is 0 Å². The molecular weight excluding hydrogens is 496 g/mol. The summed E-state index contributed by atoms with van der Waals surface area (Å²) in [6, 6.07) is 8.45. The van der Waals surface area contributed by atoms with Crippen LogP contribution in [0, 0.1) is 11.6 Å². The Kier molecular flexibility index (Phi) is 9.70. The smallest absolute Gasteiger partial charge is 0.213 e. The van der Waals surface area contributed by atoms with Gasteiger partial charge < -0.3 is 30.1 Å². The number of halogens is 2. The highest BCUT2D eigenvalue weighted by Gasteiger charge is 2.35. The van der Waals surface area contributed by atoms with Gasteiger partial charge in [0, 0.05) is 43.3 Å². The van der Waals surface area contributed by atoms with Gasteiger partial charge in [-0.25, -0.2) is 13.8 Å². The predicted octanol–water partition coefficient (Wildman–Crippen LogP) is 2.78. The van der Waals surface area contributed by atoms with E-state index in [0.29, 0.717) is 42.7 Å². The number of nitrogens with one attached hydrogen (secondary N) is 1. The van der Waals surface area contributed by atoms with Crippen molar-refractivity contribution in [1.82, 2.24) is 15.3 Å². The summed E-state index contributed by atoms with van der Waals surface area (Å²) < 4.78 is 38.7. The van der Waals surface area contributed by atoms with Crippen LogP contribution in [-0.2, 0) is 11.2 Å². The largest absolute Gasteiger partial charge is 0.481 e. The molecule has 4 N–H and O–H groups in total. The molecule has 3 heterocycles. The van der Waals surface area contributed by atoms with Crippen molar-refractivity contribution in [3.63, 3.8) is 0 Å². The second kappa shape index (κ2) is 13.2. The van der Waals surface area contributed by atoms with Crippen LogP contribution >= 0.6 is 0 Å². The van der Waals surface area contributed by atoms with E-state index in [1.807, 2.05) is 12.1 Å². The quantitative estimate of drug-likeness (QED) is 0.300. The number of methoxy groups -OCH3 is 1. The molecule has 5 atom stereocenters. The molecule has 3 aromatic rings. The molecule has 0 aliphatic carbocycles. The number of nitrogens with zero attached hydrogens (tertiary/aromatic N) is 2. The van der Waals surface area contributed by atoms with Crippen molar-refractivity contribution in [1.29, 1.82) is 0 Å². The predicted molar refractivity (Wildman–Crippen MR) is 139 cm³/mol. The molecule has 1 aliphatic rings. The van der Waals surface area contributed by atoms with Crippen LogP contribution in [0.3, 0.4) is 0 Å². The maximum Gasteiger partial charge on any atom is 0.213 e. The molecule has 4 rings (SSSR count). The van der Waals surface area contributed by atoms with Gasteiger partial charge in [0.25, 0.3) is 0 Å². The number of rotatable bonds is 11. The Bertz CT molecular complexity index is 1240. The molecular formula is C28H33F2N3O5. The Morgan fingerprint density at radius 3 is 2.82 bits per heavy atom. The molecule has 204 valence electrons. The van der Waals surface area contributed by atoms with Crippen molar-refractivity contribution in [3.8, 4) is 5.88 Å². The van der Waals surface area contributed by atoms with Crippen LogP contribution in [-0.4, -0.2) is 76.0 Å². The zero-order chi connectivity index (χ0) is 27.1. The topological polar surface area (TPSA) is 117 Å². The summed E-state index contributed by atoms with van der Waals surface area (Å²) in [6.45, 7) is -0.0471. The van der Waals surface area contributed by atoms with Gasteiger partial charge >= 0.3 is 0 Å². The van der Waals surface area contributed by atoms with E-state index < -0.39 is 42.7 Å². The molecule has 1 aliphatic heterocycles. The zero-order valence-electron chi connectivity index (χ0n) is 21.1. The first kappa shape index (κ1) is 28.0. The Morgan fingerprint density at radius 2 is 2.03 bits per heavy atom. The minimum atomic E-state index is -0.974. The molecule has 1 fully saturated rings. The first-order valence-corrected chi connectivity index (χ1v) is 12.6. The highest BCUT2D eigenvalue weighted by Crippen LogP contribution is 2.28. The lowest BCUT2D eigenvalue weighted by molar-refractivity contribution is -0.130. The molecule has 8 nitrogen and oxygen atoms in total. The van der Waals surface area contributed by atoms with Gasteiger partial charge in [0.05, 0.1) is 49.2 Å². The van der Waals surface area contributed by atoms with Crippen molar-refractivity contribution in [2.75, 3.05) is 20.3 Å². The summed E-state index contributed by atoms with van der Waals surface area (Å²) in [7, 11) is 1.54. The number of aliphatic hydroxyl groups is 3. The Balaban J connectivity index is 1.40. The SMILES string of the molecule is COc1ccc2nccc(C[C@H](O)[C@@H]3CC[C@@H](NC/C=C/c4cc(F)ccc4F)[C@@H](C[C@@H](O)CO)O3)c2n1. The number of benzene rings is 1. The van der Waals surface area contributed by atoms with Crippen molar-refractivity contribution < 1.29 is 33.6 Å². The minimum Gasteiger partial charge on any atom is -0.481 e. The summed E-state index contributed by atoms with van der Waals surface area (Å²) >= 11 is 0. The number of aliphatic hydroxyl groups excluding tert-OH is 3. The van der Waals surface area contributed by atoms with Crippen molar-refractivity contribution >= 4 is 17.1 Å². The van der Waals surface area contributed by atoms with Crippen LogP contribution in [0.4, 0.5) is 8.78 Å². The van der Waals surface area contributed by atoms with Gasteiger partial charge in [0.1, 0.15) is 11.6 Å². The zero-order valence-corrected chi connectivity index (χ0v) is 21.1. The maximum atomic E-state index is 13.8. The van der Waals surface area contributed by atoms with Gasteiger partial charge in [0.15, 0.2) is 0 Å². The Labute approximate surface area is 220 Å². The fourth-order valence-electron chi connectivity index (χ4n) is 4.74. The third-order valence-electron chi connectivity index (χ3n) is 6.74. The van der Waals surface area contributed by atoms with E-state index in [1.165, 1.54) is 13.2 Å². The van der Waals surface area contributed by atoms with E-state index in [1.54, 1.807) is 18.3 Å². The number of ether oxygens (including phenoxy) is 2. The highest BCUT2D eigenvalue weighted by atomic mass is 19.1. The molecule has 0 radical (unpaired) electrons. The van der Waals surface area contributed by atoms with Crippen LogP contribution < -0.4 is 10.1 Å². The van der Waals surface area contributed by atoms with Gasteiger partial charge in [-0.2, -0.15) is 0 Å². The lowest BCUT2D eigenvalue weighted by Gasteiger charge is -2.39. The summed E-state index contributed by atoms with van der Waals surface area (Å²) in [5.74, 6) is -0.576. The second-order valence-electron chi connectivity index (χ2n) is 9.41. The van der Waals surface area contributed by atoms with Crippen LogP contribution in [0.15, 0.2) is 48.7 Å².